The van der Waals surface area contributed by atoms with Gasteiger partial charge >= 0.3 is 6.09 Å². The number of pyridine rings is 1. The van der Waals surface area contributed by atoms with Crippen molar-refractivity contribution in [2.45, 2.75) is 30.3 Å². The summed E-state index contributed by atoms with van der Waals surface area (Å²) in [7, 11) is -3.30. The Morgan fingerprint density at radius 1 is 1.17 bits per heavy atom. The van der Waals surface area contributed by atoms with Gasteiger partial charge in [-0.1, -0.05) is 0 Å². The van der Waals surface area contributed by atoms with Crippen LogP contribution in [0.4, 0.5) is 16.4 Å². The van der Waals surface area contributed by atoms with Gasteiger partial charge in [-0.15, -0.1) is 0 Å². The molecule has 0 unspecified atom stereocenters. The predicted molar refractivity (Wildman–Crippen MR) is 103 cm³/mol. The van der Waals surface area contributed by atoms with E-state index in [4.69, 9.17) is 9.84 Å². The summed E-state index contributed by atoms with van der Waals surface area (Å²) in [6, 6.07) is 3.19. The Bertz CT molecular complexity index is 1020. The van der Waals surface area contributed by atoms with Crippen LogP contribution in [0.3, 0.4) is 0 Å². The number of hydrogen-bond donors (Lipinski definition) is 1. The van der Waals surface area contributed by atoms with E-state index in [0.717, 1.165) is 11.8 Å². The van der Waals surface area contributed by atoms with Gasteiger partial charge in [0.15, 0.2) is 9.84 Å². The molecule has 10 nitrogen and oxygen atoms in total. The fraction of sp³-hybridized carbons (Fsp3) is 0.444. The van der Waals surface area contributed by atoms with Crippen molar-refractivity contribution in [3.05, 3.63) is 30.2 Å². The third-order valence-corrected chi connectivity index (χ3v) is 6.24. The van der Waals surface area contributed by atoms with Gasteiger partial charge in [0.25, 0.3) is 0 Å². The van der Waals surface area contributed by atoms with Crippen molar-refractivity contribution in [1.82, 2.24) is 19.9 Å². The zero-order valence-electron chi connectivity index (χ0n) is 15.9. The molecule has 0 radical (unpaired) electrons. The molecular formula is C18H21N5O5S. The number of nitrogens with zero attached hydrogens (tertiary/aromatic N) is 5. The van der Waals surface area contributed by atoms with E-state index in [-0.39, 0.29) is 11.0 Å². The topological polar surface area (TPSA) is 126 Å². The SMILES string of the molecule is CS(=O)(=O)c1ccc(N2CCc3c(OC4CCN(C(=O)O)CC4)ncnc32)nc1. The number of carbonyl (C=O) groups is 1. The molecule has 1 N–H and O–H groups in total. The van der Waals surface area contributed by atoms with Crippen LogP contribution < -0.4 is 9.64 Å². The van der Waals surface area contributed by atoms with Crippen LogP contribution in [0.1, 0.15) is 18.4 Å². The van der Waals surface area contributed by atoms with Crippen LogP contribution in [0.5, 0.6) is 5.88 Å². The van der Waals surface area contributed by atoms with Gasteiger partial charge in [0.1, 0.15) is 24.1 Å². The number of anilines is 2. The minimum atomic E-state index is -3.30. The van der Waals surface area contributed by atoms with Crippen LogP contribution in [0.25, 0.3) is 0 Å². The highest BCUT2D eigenvalue weighted by atomic mass is 32.2. The van der Waals surface area contributed by atoms with Crippen molar-refractivity contribution in [3.8, 4) is 5.88 Å². The summed E-state index contributed by atoms with van der Waals surface area (Å²) in [6.07, 6.45) is 4.83. The van der Waals surface area contributed by atoms with Gasteiger partial charge in [-0.3, -0.25) is 0 Å². The number of hydrogen-bond acceptors (Lipinski definition) is 8. The van der Waals surface area contributed by atoms with Gasteiger partial charge in [-0.25, -0.2) is 28.2 Å². The second kappa shape index (κ2) is 7.47. The lowest BCUT2D eigenvalue weighted by Gasteiger charge is -2.30. The summed E-state index contributed by atoms with van der Waals surface area (Å²) in [5.41, 5.74) is 0.877. The summed E-state index contributed by atoms with van der Waals surface area (Å²) < 4.78 is 29.3. The van der Waals surface area contributed by atoms with Crippen molar-refractivity contribution >= 4 is 27.6 Å². The second-order valence-corrected chi connectivity index (χ2v) is 9.11. The van der Waals surface area contributed by atoms with Gasteiger partial charge in [-0.05, 0) is 18.6 Å². The molecule has 1 amide bonds. The van der Waals surface area contributed by atoms with Gasteiger partial charge < -0.3 is 19.6 Å². The summed E-state index contributed by atoms with van der Waals surface area (Å²) in [5.74, 6) is 1.81. The summed E-state index contributed by atoms with van der Waals surface area (Å²) >= 11 is 0. The molecular weight excluding hydrogens is 398 g/mol. The zero-order valence-corrected chi connectivity index (χ0v) is 16.7. The molecule has 2 aliphatic rings. The number of sulfone groups is 1. The average molecular weight is 419 g/mol. The van der Waals surface area contributed by atoms with Crippen molar-refractivity contribution in [2.75, 3.05) is 30.8 Å². The molecule has 0 saturated carbocycles. The maximum atomic E-state index is 11.6. The number of carboxylic acid groups (broad SMARTS) is 1. The Morgan fingerprint density at radius 3 is 2.55 bits per heavy atom. The smallest absolute Gasteiger partial charge is 0.407 e. The summed E-state index contributed by atoms with van der Waals surface area (Å²) in [6.45, 7) is 1.51. The van der Waals surface area contributed by atoms with Crippen molar-refractivity contribution in [1.29, 1.82) is 0 Å². The highest BCUT2D eigenvalue weighted by Crippen LogP contribution is 2.36. The number of likely N-dealkylation sites (tertiary alicyclic amines) is 1. The Labute approximate surface area is 168 Å². The first kappa shape index (κ1) is 19.4. The molecule has 4 rings (SSSR count). The Balaban J connectivity index is 1.51. The first-order valence-electron chi connectivity index (χ1n) is 9.25. The third kappa shape index (κ3) is 3.95. The normalized spacial score (nSPS) is 17.3. The standard InChI is InChI=1S/C18H21N5O5S/c1-29(26,27)13-2-3-15(19-10-13)23-9-6-14-16(23)20-11-21-17(14)28-12-4-7-22(8-5-12)18(24)25/h2-3,10-12H,4-9H2,1H3,(H,24,25). The molecule has 1 fully saturated rings. The number of amides is 1. The van der Waals surface area contributed by atoms with Gasteiger partial charge in [0.05, 0.1) is 10.5 Å². The first-order chi connectivity index (χ1) is 13.8. The van der Waals surface area contributed by atoms with Crippen molar-refractivity contribution in [3.63, 3.8) is 0 Å². The molecule has 1 saturated heterocycles. The molecule has 0 aromatic carbocycles. The fourth-order valence-electron chi connectivity index (χ4n) is 3.57. The lowest BCUT2D eigenvalue weighted by Crippen LogP contribution is -2.41. The maximum absolute atomic E-state index is 11.6. The molecule has 154 valence electrons. The van der Waals surface area contributed by atoms with E-state index in [1.807, 2.05) is 4.90 Å². The van der Waals surface area contributed by atoms with E-state index in [0.29, 0.717) is 56.4 Å². The van der Waals surface area contributed by atoms with Crippen molar-refractivity contribution < 1.29 is 23.1 Å². The molecule has 11 heteroatoms. The second-order valence-electron chi connectivity index (χ2n) is 7.09. The van der Waals surface area contributed by atoms with Crippen LogP contribution in [-0.4, -0.2) is 71.5 Å². The molecule has 4 heterocycles. The van der Waals surface area contributed by atoms with E-state index >= 15 is 0 Å². The van der Waals surface area contributed by atoms with Gasteiger partial charge in [-0.2, -0.15) is 0 Å². The number of aromatic nitrogens is 3. The molecule has 29 heavy (non-hydrogen) atoms. The fourth-order valence-corrected chi connectivity index (χ4v) is 4.13. The third-order valence-electron chi connectivity index (χ3n) is 5.14. The maximum Gasteiger partial charge on any atom is 0.407 e. The average Bonchev–Trinajstić information content (AvgIpc) is 3.13. The van der Waals surface area contributed by atoms with Crippen LogP contribution >= 0.6 is 0 Å². The lowest BCUT2D eigenvalue weighted by atomic mass is 10.1. The highest BCUT2D eigenvalue weighted by molar-refractivity contribution is 7.90. The van der Waals surface area contributed by atoms with Crippen LogP contribution in [0.2, 0.25) is 0 Å². The number of piperidine rings is 1. The Morgan fingerprint density at radius 2 is 1.93 bits per heavy atom. The molecule has 0 bridgehead atoms. The van der Waals surface area contributed by atoms with E-state index in [2.05, 4.69) is 15.0 Å². The minimum absolute atomic E-state index is 0.0918. The largest absolute Gasteiger partial charge is 0.474 e. The van der Waals surface area contributed by atoms with E-state index in [1.165, 1.54) is 23.5 Å². The highest BCUT2D eigenvalue weighted by Gasteiger charge is 2.30. The molecule has 2 aromatic rings. The zero-order chi connectivity index (χ0) is 20.6. The van der Waals surface area contributed by atoms with Gasteiger partial charge in [0.2, 0.25) is 5.88 Å². The van der Waals surface area contributed by atoms with E-state index < -0.39 is 15.9 Å². The Kier molecular flexibility index (Phi) is 4.99. The summed E-state index contributed by atoms with van der Waals surface area (Å²) in [4.78, 5) is 27.4. The quantitative estimate of drug-likeness (QED) is 0.784. The molecule has 2 aliphatic heterocycles. The van der Waals surface area contributed by atoms with E-state index in [9.17, 15) is 13.2 Å². The lowest BCUT2D eigenvalue weighted by molar-refractivity contribution is 0.0865. The Hall–Kier alpha value is -2.95. The first-order valence-corrected chi connectivity index (χ1v) is 11.1. The minimum Gasteiger partial charge on any atom is -0.474 e. The monoisotopic (exact) mass is 419 g/mol. The number of fused-ring (bicyclic) bond motifs is 1. The van der Waals surface area contributed by atoms with Crippen molar-refractivity contribution in [2.24, 2.45) is 0 Å². The molecule has 0 spiro atoms. The predicted octanol–water partition coefficient (Wildman–Crippen LogP) is 1.49. The molecule has 2 aromatic heterocycles. The molecule has 0 aliphatic carbocycles. The number of rotatable bonds is 4. The molecule has 0 atom stereocenters. The van der Waals surface area contributed by atoms with Crippen LogP contribution in [-0.2, 0) is 16.3 Å². The van der Waals surface area contributed by atoms with Gasteiger partial charge in [0, 0.05) is 44.9 Å². The van der Waals surface area contributed by atoms with E-state index in [1.54, 1.807) is 6.07 Å². The number of ether oxygens (including phenoxy) is 1. The van der Waals surface area contributed by atoms with Crippen LogP contribution in [0.15, 0.2) is 29.6 Å². The summed E-state index contributed by atoms with van der Waals surface area (Å²) in [5, 5.41) is 9.06. The van der Waals surface area contributed by atoms with Crippen LogP contribution in [0, 0.1) is 0 Å².